The first kappa shape index (κ1) is 13.9. The highest BCUT2D eigenvalue weighted by Crippen LogP contribution is 2.16. The van der Waals surface area contributed by atoms with Crippen molar-refractivity contribution in [3.05, 3.63) is 65.0 Å². The van der Waals surface area contributed by atoms with Gasteiger partial charge >= 0.3 is 5.97 Å². The molecule has 0 saturated heterocycles. The second-order valence-electron chi connectivity index (χ2n) is 4.09. The van der Waals surface area contributed by atoms with Crippen molar-refractivity contribution in [2.45, 2.75) is 6.61 Å². The van der Waals surface area contributed by atoms with E-state index in [2.05, 4.69) is 0 Å². The van der Waals surface area contributed by atoms with Gasteiger partial charge in [-0.15, -0.1) is 0 Å². The van der Waals surface area contributed by atoms with Gasteiger partial charge in [-0.3, -0.25) is 0 Å². The monoisotopic (exact) mass is 281 g/mol. The number of hydrogen-bond donors (Lipinski definition) is 1. The highest BCUT2D eigenvalue weighted by atomic mass is 19.1. The number of rotatable bonds is 3. The van der Waals surface area contributed by atoms with Crippen LogP contribution in [0, 0.1) is 17.5 Å². The summed E-state index contributed by atoms with van der Waals surface area (Å²) >= 11 is 0. The van der Waals surface area contributed by atoms with E-state index < -0.39 is 23.4 Å². The predicted molar refractivity (Wildman–Crippen MR) is 66.3 cm³/mol. The average molecular weight is 281 g/mol. The Kier molecular flexibility index (Phi) is 3.93. The summed E-state index contributed by atoms with van der Waals surface area (Å²) in [4.78, 5) is 11.7. The van der Waals surface area contributed by atoms with Crippen LogP contribution in [0.15, 0.2) is 36.4 Å². The number of esters is 1. The second kappa shape index (κ2) is 5.64. The molecule has 0 aliphatic heterocycles. The van der Waals surface area contributed by atoms with Crippen LogP contribution in [0.3, 0.4) is 0 Å². The summed E-state index contributed by atoms with van der Waals surface area (Å²) < 4.78 is 43.7. The standard InChI is InChI=1S/C14H10F3NO2/c15-9-1-2-13(18)12(6-9)14(19)20-7-8-3-10(16)5-11(17)4-8/h1-6H,7,18H2. The van der Waals surface area contributed by atoms with E-state index in [9.17, 15) is 18.0 Å². The minimum absolute atomic E-state index is 0.0572. The van der Waals surface area contributed by atoms with Crippen molar-refractivity contribution in [2.75, 3.05) is 5.73 Å². The highest BCUT2D eigenvalue weighted by Gasteiger charge is 2.13. The summed E-state index contributed by atoms with van der Waals surface area (Å²) in [5.74, 6) is -3.06. The van der Waals surface area contributed by atoms with Crippen LogP contribution in [0.1, 0.15) is 15.9 Å². The van der Waals surface area contributed by atoms with E-state index in [-0.39, 0.29) is 23.4 Å². The fourth-order valence-corrected chi connectivity index (χ4v) is 1.63. The molecule has 20 heavy (non-hydrogen) atoms. The molecule has 0 aromatic heterocycles. The Morgan fingerprint density at radius 3 is 2.30 bits per heavy atom. The molecule has 0 fully saturated rings. The van der Waals surface area contributed by atoms with E-state index in [1.54, 1.807) is 0 Å². The fraction of sp³-hybridized carbons (Fsp3) is 0.0714. The van der Waals surface area contributed by atoms with Gasteiger partial charge in [-0.2, -0.15) is 0 Å². The van der Waals surface area contributed by atoms with Gasteiger partial charge in [-0.1, -0.05) is 0 Å². The lowest BCUT2D eigenvalue weighted by Gasteiger charge is -2.07. The Balaban J connectivity index is 2.10. The van der Waals surface area contributed by atoms with E-state index in [1.165, 1.54) is 6.07 Å². The van der Waals surface area contributed by atoms with Crippen LogP contribution in [-0.2, 0) is 11.3 Å². The number of carbonyl (C=O) groups is 1. The van der Waals surface area contributed by atoms with Gasteiger partial charge in [0, 0.05) is 11.8 Å². The van der Waals surface area contributed by atoms with E-state index in [0.29, 0.717) is 6.07 Å². The number of ether oxygens (including phenoxy) is 1. The largest absolute Gasteiger partial charge is 0.457 e. The van der Waals surface area contributed by atoms with E-state index >= 15 is 0 Å². The Bertz CT molecular complexity index is 639. The van der Waals surface area contributed by atoms with Gasteiger partial charge in [0.15, 0.2) is 0 Å². The third-order valence-electron chi connectivity index (χ3n) is 2.53. The number of anilines is 1. The molecule has 2 N–H and O–H groups in total. The molecule has 2 aromatic rings. The van der Waals surface area contributed by atoms with E-state index in [1.807, 2.05) is 0 Å². The Labute approximate surface area is 112 Å². The molecule has 0 heterocycles. The lowest BCUT2D eigenvalue weighted by atomic mass is 10.2. The SMILES string of the molecule is Nc1ccc(F)cc1C(=O)OCc1cc(F)cc(F)c1. The molecule has 2 rings (SSSR count). The predicted octanol–water partition coefficient (Wildman–Crippen LogP) is 3.04. The Morgan fingerprint density at radius 2 is 1.65 bits per heavy atom. The fourth-order valence-electron chi connectivity index (χ4n) is 1.63. The molecule has 0 saturated carbocycles. The zero-order chi connectivity index (χ0) is 14.7. The van der Waals surface area contributed by atoms with Crippen LogP contribution in [-0.4, -0.2) is 5.97 Å². The van der Waals surface area contributed by atoms with Gasteiger partial charge in [0.05, 0.1) is 5.56 Å². The molecule has 3 nitrogen and oxygen atoms in total. The maximum Gasteiger partial charge on any atom is 0.340 e. The first-order chi connectivity index (χ1) is 9.45. The molecular weight excluding hydrogens is 271 g/mol. The molecule has 0 atom stereocenters. The molecular formula is C14H10F3NO2. The average Bonchev–Trinajstić information content (AvgIpc) is 2.38. The lowest BCUT2D eigenvalue weighted by molar-refractivity contribution is 0.0472. The van der Waals surface area contributed by atoms with Crippen LogP contribution in [0.5, 0.6) is 0 Å². The van der Waals surface area contributed by atoms with Crippen LogP contribution < -0.4 is 5.73 Å². The van der Waals surface area contributed by atoms with E-state index in [4.69, 9.17) is 10.5 Å². The summed E-state index contributed by atoms with van der Waals surface area (Å²) in [6.07, 6.45) is 0. The van der Waals surface area contributed by atoms with Crippen LogP contribution >= 0.6 is 0 Å². The number of carbonyl (C=O) groups excluding carboxylic acids is 1. The molecule has 0 aliphatic carbocycles. The summed E-state index contributed by atoms with van der Waals surface area (Å²) in [6, 6.07) is 6.04. The van der Waals surface area contributed by atoms with Crippen molar-refractivity contribution in [2.24, 2.45) is 0 Å². The summed E-state index contributed by atoms with van der Waals surface area (Å²) in [5, 5.41) is 0. The van der Waals surface area contributed by atoms with E-state index in [0.717, 1.165) is 24.3 Å². The summed E-state index contributed by atoms with van der Waals surface area (Å²) in [7, 11) is 0. The number of nitrogens with two attached hydrogens (primary N) is 1. The summed E-state index contributed by atoms with van der Waals surface area (Å²) in [5.41, 5.74) is 5.58. The summed E-state index contributed by atoms with van der Waals surface area (Å²) in [6.45, 7) is -0.344. The minimum atomic E-state index is -0.869. The molecule has 6 heteroatoms. The molecule has 0 radical (unpaired) electrons. The molecule has 0 spiro atoms. The maximum atomic E-state index is 13.0. The first-order valence-corrected chi connectivity index (χ1v) is 5.63. The molecule has 0 unspecified atom stereocenters. The van der Waals surface area contributed by atoms with Gasteiger partial charge < -0.3 is 10.5 Å². The van der Waals surface area contributed by atoms with Gasteiger partial charge in [-0.25, -0.2) is 18.0 Å². The number of hydrogen-bond acceptors (Lipinski definition) is 3. The highest BCUT2D eigenvalue weighted by molar-refractivity contribution is 5.95. The van der Waals surface area contributed by atoms with Gasteiger partial charge in [-0.05, 0) is 35.9 Å². The smallest absolute Gasteiger partial charge is 0.340 e. The Hall–Kier alpha value is -2.50. The van der Waals surface area contributed by atoms with Crippen LogP contribution in [0.2, 0.25) is 0 Å². The third-order valence-corrected chi connectivity index (χ3v) is 2.53. The third kappa shape index (κ3) is 3.28. The van der Waals surface area contributed by atoms with Crippen LogP contribution in [0.4, 0.5) is 18.9 Å². The van der Waals surface area contributed by atoms with Crippen molar-refractivity contribution in [3.8, 4) is 0 Å². The van der Waals surface area contributed by atoms with Crippen molar-refractivity contribution in [1.82, 2.24) is 0 Å². The van der Waals surface area contributed by atoms with Crippen molar-refractivity contribution >= 4 is 11.7 Å². The molecule has 0 aliphatic rings. The molecule has 2 aromatic carbocycles. The number of benzene rings is 2. The molecule has 0 amide bonds. The minimum Gasteiger partial charge on any atom is -0.457 e. The molecule has 104 valence electrons. The number of nitrogen functional groups attached to an aromatic ring is 1. The number of halogens is 3. The quantitative estimate of drug-likeness (QED) is 0.695. The second-order valence-corrected chi connectivity index (χ2v) is 4.09. The maximum absolute atomic E-state index is 13.0. The molecule has 0 bridgehead atoms. The first-order valence-electron chi connectivity index (χ1n) is 5.63. The zero-order valence-corrected chi connectivity index (χ0v) is 10.2. The van der Waals surface area contributed by atoms with Crippen molar-refractivity contribution in [1.29, 1.82) is 0 Å². The lowest BCUT2D eigenvalue weighted by Crippen LogP contribution is -2.09. The Morgan fingerprint density at radius 1 is 1.00 bits per heavy atom. The van der Waals surface area contributed by atoms with Crippen LogP contribution in [0.25, 0.3) is 0 Å². The van der Waals surface area contributed by atoms with Gasteiger partial charge in [0.25, 0.3) is 0 Å². The normalized spacial score (nSPS) is 10.3. The zero-order valence-electron chi connectivity index (χ0n) is 10.2. The topological polar surface area (TPSA) is 52.3 Å². The van der Waals surface area contributed by atoms with Crippen molar-refractivity contribution < 1.29 is 22.7 Å². The van der Waals surface area contributed by atoms with Crippen molar-refractivity contribution in [3.63, 3.8) is 0 Å². The van der Waals surface area contributed by atoms with Gasteiger partial charge in [0.2, 0.25) is 0 Å². The van der Waals surface area contributed by atoms with Gasteiger partial charge in [0.1, 0.15) is 24.1 Å².